The number of benzene rings is 2. The summed E-state index contributed by atoms with van der Waals surface area (Å²) in [6.45, 7) is 3.74. The van der Waals surface area contributed by atoms with Gasteiger partial charge in [-0.25, -0.2) is 0 Å². The highest BCUT2D eigenvalue weighted by molar-refractivity contribution is 5.93. The van der Waals surface area contributed by atoms with Crippen LogP contribution in [0.15, 0.2) is 54.6 Å². The lowest BCUT2D eigenvalue weighted by Gasteiger charge is -2.09. The largest absolute Gasteiger partial charge is 0.484 e. The van der Waals surface area contributed by atoms with Crippen molar-refractivity contribution in [1.82, 2.24) is 10.9 Å². The highest BCUT2D eigenvalue weighted by Gasteiger charge is 2.04. The van der Waals surface area contributed by atoms with Crippen LogP contribution < -0.4 is 15.6 Å². The lowest BCUT2D eigenvalue weighted by Crippen LogP contribution is -2.43. The molecule has 5 nitrogen and oxygen atoms in total. The van der Waals surface area contributed by atoms with Gasteiger partial charge >= 0.3 is 0 Å². The van der Waals surface area contributed by atoms with E-state index in [0.29, 0.717) is 5.75 Å². The zero-order valence-corrected chi connectivity index (χ0v) is 13.7. The van der Waals surface area contributed by atoms with E-state index in [2.05, 4.69) is 10.9 Å². The van der Waals surface area contributed by atoms with Gasteiger partial charge in [-0.15, -0.1) is 0 Å². The molecule has 0 aromatic heterocycles. The van der Waals surface area contributed by atoms with Crippen molar-refractivity contribution in [2.75, 3.05) is 6.61 Å². The van der Waals surface area contributed by atoms with E-state index in [1.54, 1.807) is 6.08 Å². The van der Waals surface area contributed by atoms with Crippen molar-refractivity contribution in [1.29, 1.82) is 0 Å². The minimum atomic E-state index is -0.435. The molecule has 124 valence electrons. The van der Waals surface area contributed by atoms with Crippen molar-refractivity contribution in [2.24, 2.45) is 0 Å². The van der Waals surface area contributed by atoms with Gasteiger partial charge in [0, 0.05) is 6.08 Å². The number of hydrogen-bond donors (Lipinski definition) is 2. The van der Waals surface area contributed by atoms with Gasteiger partial charge in [0.25, 0.3) is 11.8 Å². The third kappa shape index (κ3) is 5.96. The molecule has 0 saturated heterocycles. The summed E-state index contributed by atoms with van der Waals surface area (Å²) in [6, 6.07) is 15.1. The van der Waals surface area contributed by atoms with Crippen molar-refractivity contribution >= 4 is 17.9 Å². The Labute approximate surface area is 141 Å². The molecule has 5 heteroatoms. The first-order chi connectivity index (χ1) is 11.5. The maximum atomic E-state index is 11.7. The second-order valence-electron chi connectivity index (χ2n) is 5.39. The first-order valence-corrected chi connectivity index (χ1v) is 7.56. The third-order valence-electron chi connectivity index (χ3n) is 3.12. The molecule has 0 aliphatic rings. The van der Waals surface area contributed by atoms with Crippen molar-refractivity contribution in [3.05, 3.63) is 71.3 Å². The normalized spacial score (nSPS) is 10.4. The number of rotatable bonds is 5. The maximum absolute atomic E-state index is 11.7. The molecule has 0 aliphatic carbocycles. The average molecular weight is 324 g/mol. The van der Waals surface area contributed by atoms with Gasteiger partial charge < -0.3 is 4.74 Å². The number of hydrazine groups is 1. The summed E-state index contributed by atoms with van der Waals surface area (Å²) in [5, 5.41) is 0. The third-order valence-corrected chi connectivity index (χ3v) is 3.12. The van der Waals surface area contributed by atoms with Gasteiger partial charge in [0.1, 0.15) is 5.75 Å². The molecule has 0 atom stereocenters. The molecule has 0 bridgehead atoms. The Hall–Kier alpha value is -3.08. The second kappa shape index (κ2) is 8.53. The summed E-state index contributed by atoms with van der Waals surface area (Å²) >= 11 is 0. The summed E-state index contributed by atoms with van der Waals surface area (Å²) < 4.78 is 5.41. The standard InChI is InChI=1S/C19H20N2O3/c1-14-10-15(2)12-17(11-14)24-13-19(23)21-20-18(22)9-8-16-6-4-3-5-7-16/h3-12H,13H2,1-2H3,(H,20,22)(H,21,23). The molecular formula is C19H20N2O3. The van der Waals surface area contributed by atoms with Crippen molar-refractivity contribution in [2.45, 2.75) is 13.8 Å². The van der Waals surface area contributed by atoms with Crippen molar-refractivity contribution in [3.8, 4) is 5.75 Å². The van der Waals surface area contributed by atoms with Crippen molar-refractivity contribution < 1.29 is 14.3 Å². The highest BCUT2D eigenvalue weighted by atomic mass is 16.5. The van der Waals surface area contributed by atoms with Gasteiger partial charge in [0.15, 0.2) is 6.61 Å². The van der Waals surface area contributed by atoms with Crippen LogP contribution >= 0.6 is 0 Å². The highest BCUT2D eigenvalue weighted by Crippen LogP contribution is 2.15. The summed E-state index contributed by atoms with van der Waals surface area (Å²) in [4.78, 5) is 23.3. The molecule has 0 radical (unpaired) electrons. The fraction of sp³-hybridized carbons (Fsp3) is 0.158. The Bertz CT molecular complexity index is 719. The maximum Gasteiger partial charge on any atom is 0.276 e. The zero-order valence-electron chi connectivity index (χ0n) is 13.7. The number of ether oxygens (including phenoxy) is 1. The van der Waals surface area contributed by atoms with Crippen LogP contribution in [-0.2, 0) is 9.59 Å². The molecule has 2 rings (SSSR count). The van der Waals surface area contributed by atoms with Crippen LogP contribution in [0.3, 0.4) is 0 Å². The second-order valence-corrected chi connectivity index (χ2v) is 5.39. The van der Waals surface area contributed by atoms with Crippen LogP contribution in [0.25, 0.3) is 6.08 Å². The molecule has 2 N–H and O–H groups in total. The van der Waals surface area contributed by atoms with E-state index in [-0.39, 0.29) is 6.61 Å². The SMILES string of the molecule is Cc1cc(C)cc(OCC(=O)NNC(=O)C=Cc2ccccc2)c1. The van der Waals surface area contributed by atoms with E-state index in [1.165, 1.54) is 6.08 Å². The molecule has 2 amide bonds. The zero-order chi connectivity index (χ0) is 17.4. The van der Waals surface area contributed by atoms with Gasteiger partial charge in [-0.1, -0.05) is 36.4 Å². The average Bonchev–Trinajstić information content (AvgIpc) is 2.56. The lowest BCUT2D eigenvalue weighted by molar-refractivity contribution is -0.128. The van der Waals surface area contributed by atoms with Gasteiger partial charge in [-0.3, -0.25) is 20.4 Å². The van der Waals surface area contributed by atoms with Crippen molar-refractivity contribution in [3.63, 3.8) is 0 Å². The number of amides is 2. The fourth-order valence-corrected chi connectivity index (χ4v) is 2.11. The van der Waals surface area contributed by atoms with Crippen LogP contribution in [0.1, 0.15) is 16.7 Å². The molecule has 0 aliphatic heterocycles. The van der Waals surface area contributed by atoms with Crippen LogP contribution in [0, 0.1) is 13.8 Å². The molecule has 24 heavy (non-hydrogen) atoms. The van der Waals surface area contributed by atoms with E-state index in [0.717, 1.165) is 16.7 Å². The van der Waals surface area contributed by atoms with E-state index < -0.39 is 11.8 Å². The molecule has 2 aromatic rings. The summed E-state index contributed by atoms with van der Waals surface area (Å²) in [5.74, 6) is -0.229. The fourth-order valence-electron chi connectivity index (χ4n) is 2.11. The quantitative estimate of drug-likeness (QED) is 0.656. The predicted molar refractivity (Wildman–Crippen MR) is 93.2 cm³/mol. The minimum Gasteiger partial charge on any atom is -0.484 e. The Kier molecular flexibility index (Phi) is 6.14. The molecular weight excluding hydrogens is 304 g/mol. The first-order valence-electron chi connectivity index (χ1n) is 7.56. The molecule has 0 heterocycles. The predicted octanol–water partition coefficient (Wildman–Crippen LogP) is 2.54. The Morgan fingerprint density at radius 3 is 2.33 bits per heavy atom. The molecule has 0 unspecified atom stereocenters. The molecule has 0 spiro atoms. The van der Waals surface area contributed by atoms with E-state index >= 15 is 0 Å². The van der Waals surface area contributed by atoms with Crippen LogP contribution in [0.4, 0.5) is 0 Å². The Morgan fingerprint density at radius 1 is 1.00 bits per heavy atom. The van der Waals surface area contributed by atoms with Gasteiger partial charge in [-0.2, -0.15) is 0 Å². The summed E-state index contributed by atoms with van der Waals surface area (Å²) in [5.41, 5.74) is 7.63. The van der Waals surface area contributed by atoms with Gasteiger partial charge in [0.05, 0.1) is 0 Å². The topological polar surface area (TPSA) is 67.4 Å². The lowest BCUT2D eigenvalue weighted by atomic mass is 10.1. The van der Waals surface area contributed by atoms with E-state index in [1.807, 2.05) is 62.4 Å². The van der Waals surface area contributed by atoms with Crippen LogP contribution in [-0.4, -0.2) is 18.4 Å². The number of hydrogen-bond acceptors (Lipinski definition) is 3. The number of carbonyl (C=O) groups is 2. The summed E-state index contributed by atoms with van der Waals surface area (Å²) in [7, 11) is 0. The minimum absolute atomic E-state index is 0.175. The van der Waals surface area contributed by atoms with Gasteiger partial charge in [0.2, 0.25) is 0 Å². The smallest absolute Gasteiger partial charge is 0.276 e. The van der Waals surface area contributed by atoms with E-state index in [9.17, 15) is 9.59 Å². The number of aryl methyl sites for hydroxylation is 2. The Morgan fingerprint density at radius 2 is 1.67 bits per heavy atom. The number of nitrogens with one attached hydrogen (secondary N) is 2. The van der Waals surface area contributed by atoms with Crippen LogP contribution in [0.5, 0.6) is 5.75 Å². The van der Waals surface area contributed by atoms with E-state index in [4.69, 9.17) is 4.74 Å². The number of carbonyl (C=O) groups excluding carboxylic acids is 2. The molecule has 0 saturated carbocycles. The monoisotopic (exact) mass is 324 g/mol. The van der Waals surface area contributed by atoms with Gasteiger partial charge in [-0.05, 0) is 48.7 Å². The molecule has 2 aromatic carbocycles. The Balaban J connectivity index is 1.74. The first kappa shape index (κ1) is 17.3. The summed E-state index contributed by atoms with van der Waals surface area (Å²) in [6.07, 6.45) is 3.01. The molecule has 0 fully saturated rings. The van der Waals surface area contributed by atoms with Crippen LogP contribution in [0.2, 0.25) is 0 Å².